The van der Waals surface area contributed by atoms with E-state index in [1.807, 2.05) is 0 Å². The molecule has 3 aliphatic rings. The first kappa shape index (κ1) is 31.5. The Kier molecular flexibility index (Phi) is 8.53. The number of phenolic OH excluding ortho intramolecular Hbond substituents is 2. The van der Waals surface area contributed by atoms with E-state index in [9.17, 15) is 39.6 Å². The Balaban J connectivity index is 1.57. The van der Waals surface area contributed by atoms with E-state index >= 15 is 0 Å². The third-order valence-corrected chi connectivity index (χ3v) is 8.71. The maximum atomic E-state index is 13.8. The summed E-state index contributed by atoms with van der Waals surface area (Å²) < 4.78 is 17.4. The number of ether oxygens (including phenoxy) is 3. The van der Waals surface area contributed by atoms with Crippen LogP contribution in [0.2, 0.25) is 0 Å². The van der Waals surface area contributed by atoms with E-state index in [0.29, 0.717) is 13.0 Å². The van der Waals surface area contributed by atoms with Gasteiger partial charge in [-0.2, -0.15) is 0 Å². The molecule has 6 atom stereocenters. The summed E-state index contributed by atoms with van der Waals surface area (Å²) in [5.41, 5.74) is 2.19. The van der Waals surface area contributed by atoms with Crippen molar-refractivity contribution in [3.8, 4) is 17.2 Å². The van der Waals surface area contributed by atoms with E-state index in [0.717, 1.165) is 6.92 Å². The fourth-order valence-electron chi connectivity index (χ4n) is 6.31. The zero-order valence-electron chi connectivity index (χ0n) is 24.6. The first-order valence-corrected chi connectivity index (χ1v) is 14.4. The van der Waals surface area contributed by atoms with Gasteiger partial charge in [0.15, 0.2) is 17.9 Å². The lowest BCUT2D eigenvalue weighted by atomic mass is 9.72. The largest absolute Gasteiger partial charge is 0.507 e. The van der Waals surface area contributed by atoms with Crippen molar-refractivity contribution in [1.29, 1.82) is 0 Å². The molecule has 2 aromatic rings. The summed E-state index contributed by atoms with van der Waals surface area (Å²) in [6.07, 6.45) is -4.59. The molecule has 2 aromatic carbocycles. The maximum absolute atomic E-state index is 13.8. The number of carbonyl (C=O) groups is 4. The molecular weight excluding hydrogens is 576 g/mol. The second-order valence-electron chi connectivity index (χ2n) is 11.5. The molecule has 236 valence electrons. The number of hydrogen-bond acceptors (Lipinski definition) is 12. The Bertz CT molecular complexity index is 1540. The highest BCUT2D eigenvalue weighted by Gasteiger charge is 2.49. The van der Waals surface area contributed by atoms with Gasteiger partial charge >= 0.3 is 0 Å². The topological polar surface area (TPSA) is 215 Å². The quantitative estimate of drug-likeness (QED) is 0.196. The average Bonchev–Trinajstić information content (AvgIpc) is 2.98. The van der Waals surface area contributed by atoms with Crippen LogP contribution in [-0.4, -0.2) is 87.5 Å². The Morgan fingerprint density at radius 2 is 1.84 bits per heavy atom. The molecule has 13 nitrogen and oxygen atoms in total. The van der Waals surface area contributed by atoms with Gasteiger partial charge in [0.05, 0.1) is 42.0 Å². The van der Waals surface area contributed by atoms with Crippen LogP contribution < -0.4 is 15.8 Å². The molecule has 0 bridgehead atoms. The summed E-state index contributed by atoms with van der Waals surface area (Å²) >= 11 is 0. The molecule has 0 radical (unpaired) electrons. The number of Topliss-reactive ketones (excluding diaryl/α,β-unsaturated/α-hetero) is 1. The van der Waals surface area contributed by atoms with Crippen molar-refractivity contribution in [2.24, 2.45) is 5.73 Å². The molecule has 1 amide bonds. The number of phenols is 2. The van der Waals surface area contributed by atoms with Gasteiger partial charge < -0.3 is 45.7 Å². The van der Waals surface area contributed by atoms with Crippen LogP contribution in [0.5, 0.6) is 17.2 Å². The molecule has 1 fully saturated rings. The van der Waals surface area contributed by atoms with Gasteiger partial charge in [-0.25, -0.2) is 0 Å². The zero-order chi connectivity index (χ0) is 32.1. The van der Waals surface area contributed by atoms with Crippen LogP contribution >= 0.6 is 0 Å². The predicted molar refractivity (Wildman–Crippen MR) is 153 cm³/mol. The molecule has 44 heavy (non-hydrogen) atoms. The van der Waals surface area contributed by atoms with Crippen molar-refractivity contribution in [2.75, 3.05) is 13.7 Å². The number of aliphatic hydroxyl groups excluding tert-OH is 1. The van der Waals surface area contributed by atoms with Gasteiger partial charge in [0.1, 0.15) is 29.0 Å². The van der Waals surface area contributed by atoms with Gasteiger partial charge in [0.25, 0.3) is 0 Å². The highest BCUT2D eigenvalue weighted by atomic mass is 16.7. The van der Waals surface area contributed by atoms with Crippen molar-refractivity contribution >= 4 is 23.3 Å². The second kappa shape index (κ2) is 11.9. The molecule has 1 saturated heterocycles. The SMILES string of the molecule is COc1cccc2c1C(=O)c1c(O)c3c(c(O)c1C2=O)C[C@@](O)(C(C)=O)CC3OC1CC(NC(=O)CCCN)C(O)C(C)O1. The number of methoxy groups -OCH3 is 1. The fraction of sp³-hybridized carbons (Fsp3) is 0.484. The van der Waals surface area contributed by atoms with E-state index in [2.05, 4.69) is 5.32 Å². The standard InChI is InChI=1S/C31H36N2O11/c1-13-26(36)17(33-20(35)8-5-9-32)10-21(43-13)44-19-12-31(41,14(2)34)11-16-23(19)30(40)25-24(28(16)38)27(37)15-6-4-7-18(42-3)22(15)29(25)39/h4,6-7,13,17,19,21,26,36,38,40-41H,5,8-12,32H2,1-3H3,(H,33,35)/t13?,17?,19?,21?,26?,31-/m0/s1. The van der Waals surface area contributed by atoms with Gasteiger partial charge in [-0.3, -0.25) is 19.2 Å². The highest BCUT2D eigenvalue weighted by molar-refractivity contribution is 6.31. The minimum absolute atomic E-state index is 0.0374. The monoisotopic (exact) mass is 612 g/mol. The summed E-state index contributed by atoms with van der Waals surface area (Å²) in [5, 5.41) is 47.9. The Morgan fingerprint density at radius 1 is 1.14 bits per heavy atom. The number of amides is 1. The third-order valence-electron chi connectivity index (χ3n) is 8.71. The molecule has 5 unspecified atom stereocenters. The van der Waals surface area contributed by atoms with Gasteiger partial charge in [-0.15, -0.1) is 0 Å². The highest BCUT2D eigenvalue weighted by Crippen LogP contribution is 2.52. The molecule has 5 rings (SSSR count). The van der Waals surface area contributed by atoms with Crippen molar-refractivity contribution in [1.82, 2.24) is 5.32 Å². The molecule has 0 spiro atoms. The summed E-state index contributed by atoms with van der Waals surface area (Å²) in [6.45, 7) is 3.06. The van der Waals surface area contributed by atoms with Crippen LogP contribution in [0.1, 0.15) is 88.6 Å². The first-order chi connectivity index (χ1) is 20.8. The summed E-state index contributed by atoms with van der Waals surface area (Å²) in [7, 11) is 1.33. The molecule has 2 aliphatic carbocycles. The average molecular weight is 613 g/mol. The van der Waals surface area contributed by atoms with Crippen molar-refractivity contribution in [3.63, 3.8) is 0 Å². The predicted octanol–water partition coefficient (Wildman–Crippen LogP) is 0.925. The molecule has 1 aliphatic heterocycles. The Labute approximate surface area is 252 Å². The van der Waals surface area contributed by atoms with E-state index in [4.69, 9.17) is 19.9 Å². The number of carbonyl (C=O) groups excluding carboxylic acids is 4. The van der Waals surface area contributed by atoms with Crippen molar-refractivity contribution in [2.45, 2.75) is 82.2 Å². The number of rotatable bonds is 8. The van der Waals surface area contributed by atoms with E-state index in [1.165, 1.54) is 25.3 Å². The van der Waals surface area contributed by atoms with Crippen molar-refractivity contribution < 1.29 is 53.8 Å². The lowest BCUT2D eigenvalue weighted by Gasteiger charge is -2.42. The number of aliphatic hydroxyl groups is 2. The first-order valence-electron chi connectivity index (χ1n) is 14.4. The molecule has 13 heteroatoms. The van der Waals surface area contributed by atoms with E-state index in [-0.39, 0.29) is 53.2 Å². The normalized spacial score (nSPS) is 27.6. The van der Waals surface area contributed by atoms with Gasteiger partial charge in [-0.05, 0) is 32.9 Å². The summed E-state index contributed by atoms with van der Waals surface area (Å²) in [5.74, 6) is -3.69. The molecule has 1 heterocycles. The van der Waals surface area contributed by atoms with E-state index in [1.54, 1.807) is 6.92 Å². The maximum Gasteiger partial charge on any atom is 0.220 e. The van der Waals surface area contributed by atoms with E-state index < -0.39 is 82.6 Å². The number of hydrogen-bond donors (Lipinski definition) is 6. The van der Waals surface area contributed by atoms with Crippen LogP contribution in [0.15, 0.2) is 18.2 Å². The summed E-state index contributed by atoms with van der Waals surface area (Å²) in [4.78, 5) is 52.4. The van der Waals surface area contributed by atoms with Gasteiger partial charge in [-0.1, -0.05) is 12.1 Å². The van der Waals surface area contributed by atoms with Gasteiger partial charge in [0, 0.05) is 42.4 Å². The minimum atomic E-state index is -2.06. The summed E-state index contributed by atoms with van der Waals surface area (Å²) in [6, 6.07) is 3.62. The number of ketones is 3. The fourth-order valence-corrected chi connectivity index (χ4v) is 6.31. The molecule has 0 aromatic heterocycles. The minimum Gasteiger partial charge on any atom is -0.507 e. The van der Waals surface area contributed by atoms with Crippen molar-refractivity contribution in [3.05, 3.63) is 51.6 Å². The molecule has 0 saturated carbocycles. The number of nitrogens with one attached hydrogen (secondary N) is 1. The molecule has 7 N–H and O–H groups in total. The van der Waals surface area contributed by atoms with Crippen LogP contribution in [0.4, 0.5) is 0 Å². The van der Waals surface area contributed by atoms with Crippen LogP contribution in [0, 0.1) is 0 Å². The lowest BCUT2D eigenvalue weighted by Crippen LogP contribution is -2.55. The third kappa shape index (κ3) is 5.24. The lowest BCUT2D eigenvalue weighted by molar-refractivity contribution is -0.249. The zero-order valence-corrected chi connectivity index (χ0v) is 24.6. The smallest absolute Gasteiger partial charge is 0.220 e. The Hall–Kier alpha value is -3.88. The van der Waals surface area contributed by atoms with Crippen LogP contribution in [0.25, 0.3) is 0 Å². The van der Waals surface area contributed by atoms with Crippen LogP contribution in [-0.2, 0) is 25.5 Å². The molecular formula is C31H36N2O11. The van der Waals surface area contributed by atoms with Crippen LogP contribution in [0.3, 0.4) is 0 Å². The number of aromatic hydroxyl groups is 2. The number of fused-ring (bicyclic) bond motifs is 3. The second-order valence-corrected chi connectivity index (χ2v) is 11.5. The Morgan fingerprint density at radius 3 is 2.50 bits per heavy atom. The van der Waals surface area contributed by atoms with Gasteiger partial charge in [0.2, 0.25) is 11.7 Å². The number of nitrogens with two attached hydrogens (primary N) is 1. The number of benzene rings is 2.